The number of benzene rings is 1. The zero-order valence-corrected chi connectivity index (χ0v) is 11.4. The maximum Gasteiger partial charge on any atom is 0.108 e. The van der Waals surface area contributed by atoms with Gasteiger partial charge >= 0.3 is 0 Å². The fourth-order valence-electron chi connectivity index (χ4n) is 1.95. The van der Waals surface area contributed by atoms with Gasteiger partial charge in [0.2, 0.25) is 0 Å². The van der Waals surface area contributed by atoms with Crippen molar-refractivity contribution in [1.82, 2.24) is 15.0 Å². The molecule has 0 saturated carbocycles. The van der Waals surface area contributed by atoms with Crippen LogP contribution in [0.15, 0.2) is 48.7 Å². The van der Waals surface area contributed by atoms with Crippen molar-refractivity contribution >= 4 is 22.8 Å². The van der Waals surface area contributed by atoms with E-state index in [2.05, 4.69) is 27.1 Å². The van der Waals surface area contributed by atoms with Crippen LogP contribution in [0.25, 0.3) is 11.0 Å². The normalized spacial score (nSPS) is 10.9. The average molecular weight is 269 g/mol. The SMILES string of the molecule is c1ccc(CSCCc2nc3ccccc3[nH]2)nc1. The van der Waals surface area contributed by atoms with Crippen molar-refractivity contribution in [1.29, 1.82) is 0 Å². The first kappa shape index (κ1) is 12.2. The average Bonchev–Trinajstić information content (AvgIpc) is 2.87. The van der Waals surface area contributed by atoms with E-state index in [9.17, 15) is 0 Å². The van der Waals surface area contributed by atoms with Crippen molar-refractivity contribution in [3.63, 3.8) is 0 Å². The molecule has 1 N–H and O–H groups in total. The Morgan fingerprint density at radius 1 is 1.05 bits per heavy atom. The number of aromatic amines is 1. The number of rotatable bonds is 5. The molecule has 3 nitrogen and oxygen atoms in total. The first-order chi connectivity index (χ1) is 9.42. The van der Waals surface area contributed by atoms with E-state index in [1.54, 1.807) is 0 Å². The third kappa shape index (κ3) is 3.15. The summed E-state index contributed by atoms with van der Waals surface area (Å²) in [6, 6.07) is 14.2. The zero-order chi connectivity index (χ0) is 12.9. The summed E-state index contributed by atoms with van der Waals surface area (Å²) in [6.45, 7) is 0. The Labute approximate surface area is 116 Å². The van der Waals surface area contributed by atoms with E-state index in [1.807, 2.05) is 48.3 Å². The molecule has 0 unspecified atom stereocenters. The van der Waals surface area contributed by atoms with Crippen molar-refractivity contribution < 1.29 is 0 Å². The highest BCUT2D eigenvalue weighted by Gasteiger charge is 2.02. The second-order valence-corrected chi connectivity index (χ2v) is 5.43. The van der Waals surface area contributed by atoms with Crippen LogP contribution in [-0.2, 0) is 12.2 Å². The zero-order valence-electron chi connectivity index (χ0n) is 10.5. The van der Waals surface area contributed by atoms with E-state index in [1.165, 1.54) is 0 Å². The number of fused-ring (bicyclic) bond motifs is 1. The Morgan fingerprint density at radius 2 is 1.95 bits per heavy atom. The standard InChI is InChI=1S/C15H15N3S/c1-2-7-14-13(6-1)17-15(18-14)8-10-19-11-12-5-3-4-9-16-12/h1-7,9H,8,10-11H2,(H,17,18). The van der Waals surface area contributed by atoms with Gasteiger partial charge in [-0.25, -0.2) is 4.98 Å². The fourth-order valence-corrected chi connectivity index (χ4v) is 2.82. The largest absolute Gasteiger partial charge is 0.342 e. The van der Waals surface area contributed by atoms with Crippen molar-refractivity contribution in [3.8, 4) is 0 Å². The minimum absolute atomic E-state index is 0.959. The fraction of sp³-hybridized carbons (Fsp3) is 0.200. The van der Waals surface area contributed by atoms with Crippen molar-refractivity contribution in [3.05, 3.63) is 60.2 Å². The van der Waals surface area contributed by atoms with Crippen molar-refractivity contribution in [2.45, 2.75) is 12.2 Å². The van der Waals surface area contributed by atoms with Crippen LogP contribution < -0.4 is 0 Å². The second-order valence-electron chi connectivity index (χ2n) is 4.32. The van der Waals surface area contributed by atoms with Crippen molar-refractivity contribution in [2.75, 3.05) is 5.75 Å². The predicted octanol–water partition coefficient (Wildman–Crippen LogP) is 3.43. The lowest BCUT2D eigenvalue weighted by atomic mass is 10.3. The molecule has 0 atom stereocenters. The molecule has 1 aromatic carbocycles. The molecule has 0 aliphatic carbocycles. The predicted molar refractivity (Wildman–Crippen MR) is 80.2 cm³/mol. The first-order valence-electron chi connectivity index (χ1n) is 6.33. The Balaban J connectivity index is 1.52. The summed E-state index contributed by atoms with van der Waals surface area (Å²) in [4.78, 5) is 12.2. The molecule has 3 aromatic rings. The topological polar surface area (TPSA) is 41.6 Å². The summed E-state index contributed by atoms with van der Waals surface area (Å²) in [6.07, 6.45) is 2.81. The van der Waals surface area contributed by atoms with Gasteiger partial charge in [0.1, 0.15) is 5.82 Å². The molecular weight excluding hydrogens is 254 g/mol. The molecule has 3 rings (SSSR count). The summed E-state index contributed by atoms with van der Waals surface area (Å²) in [5.74, 6) is 3.08. The highest BCUT2D eigenvalue weighted by atomic mass is 32.2. The number of hydrogen-bond acceptors (Lipinski definition) is 3. The van der Waals surface area contributed by atoms with Gasteiger partial charge < -0.3 is 4.98 Å². The number of imidazole rings is 1. The molecule has 0 fully saturated rings. The van der Waals surface area contributed by atoms with Gasteiger partial charge in [-0.3, -0.25) is 4.98 Å². The molecule has 0 saturated heterocycles. The summed E-state index contributed by atoms with van der Waals surface area (Å²) < 4.78 is 0. The van der Waals surface area contributed by atoms with E-state index >= 15 is 0 Å². The van der Waals surface area contributed by atoms with E-state index in [4.69, 9.17) is 0 Å². The number of para-hydroxylation sites is 2. The number of thioether (sulfide) groups is 1. The minimum atomic E-state index is 0.959. The molecule has 0 radical (unpaired) electrons. The van der Waals surface area contributed by atoms with Crippen LogP contribution in [0.3, 0.4) is 0 Å². The summed E-state index contributed by atoms with van der Waals surface area (Å²) in [7, 11) is 0. The molecule has 96 valence electrons. The number of hydrogen-bond donors (Lipinski definition) is 1. The van der Waals surface area contributed by atoms with Crippen LogP contribution in [0, 0.1) is 0 Å². The Hall–Kier alpha value is -1.81. The number of aryl methyl sites for hydroxylation is 1. The van der Waals surface area contributed by atoms with E-state index in [-0.39, 0.29) is 0 Å². The van der Waals surface area contributed by atoms with E-state index < -0.39 is 0 Å². The highest BCUT2D eigenvalue weighted by molar-refractivity contribution is 7.98. The summed E-state index contributed by atoms with van der Waals surface area (Å²) in [5.41, 5.74) is 3.30. The van der Waals surface area contributed by atoms with E-state index in [0.29, 0.717) is 0 Å². The number of aromatic nitrogens is 3. The Morgan fingerprint density at radius 3 is 2.79 bits per heavy atom. The molecule has 0 amide bonds. The third-order valence-corrected chi connectivity index (χ3v) is 3.89. The molecule has 0 aliphatic heterocycles. The van der Waals surface area contributed by atoms with Gasteiger partial charge in [0.15, 0.2) is 0 Å². The Kier molecular flexibility index (Phi) is 3.79. The van der Waals surface area contributed by atoms with Gasteiger partial charge in [-0.15, -0.1) is 0 Å². The highest BCUT2D eigenvalue weighted by Crippen LogP contribution is 2.14. The molecule has 0 spiro atoms. The third-order valence-electron chi connectivity index (χ3n) is 2.90. The van der Waals surface area contributed by atoms with Gasteiger partial charge in [-0.2, -0.15) is 11.8 Å². The van der Waals surface area contributed by atoms with Gasteiger partial charge in [-0.05, 0) is 24.3 Å². The van der Waals surface area contributed by atoms with Gasteiger partial charge in [0, 0.05) is 24.1 Å². The quantitative estimate of drug-likeness (QED) is 0.721. The molecule has 2 aromatic heterocycles. The monoisotopic (exact) mass is 269 g/mol. The first-order valence-corrected chi connectivity index (χ1v) is 7.48. The molecule has 2 heterocycles. The lowest BCUT2D eigenvalue weighted by Gasteiger charge is -1.99. The summed E-state index contributed by atoms with van der Waals surface area (Å²) >= 11 is 1.89. The maximum atomic E-state index is 4.57. The van der Waals surface area contributed by atoms with Crippen LogP contribution in [0.1, 0.15) is 11.5 Å². The van der Waals surface area contributed by atoms with Crippen molar-refractivity contribution in [2.24, 2.45) is 0 Å². The van der Waals surface area contributed by atoms with Crippen LogP contribution in [0.2, 0.25) is 0 Å². The number of pyridine rings is 1. The molecule has 0 bridgehead atoms. The van der Waals surface area contributed by atoms with Gasteiger partial charge in [0.05, 0.1) is 16.7 Å². The molecule has 0 aliphatic rings. The number of nitrogens with one attached hydrogen (secondary N) is 1. The minimum Gasteiger partial charge on any atom is -0.342 e. The van der Waals surface area contributed by atoms with Crippen LogP contribution in [0.5, 0.6) is 0 Å². The Bertz CT molecular complexity index is 616. The lowest BCUT2D eigenvalue weighted by molar-refractivity contribution is 1.01. The van der Waals surface area contributed by atoms with Crippen LogP contribution in [0.4, 0.5) is 0 Å². The molecule has 4 heteroatoms. The van der Waals surface area contributed by atoms with Crippen LogP contribution in [-0.4, -0.2) is 20.7 Å². The number of nitrogens with zero attached hydrogens (tertiary/aromatic N) is 2. The maximum absolute atomic E-state index is 4.57. The smallest absolute Gasteiger partial charge is 0.108 e. The van der Waals surface area contributed by atoms with Gasteiger partial charge in [-0.1, -0.05) is 18.2 Å². The summed E-state index contributed by atoms with van der Waals surface area (Å²) in [5, 5.41) is 0. The van der Waals surface area contributed by atoms with Crippen LogP contribution >= 0.6 is 11.8 Å². The molecular formula is C15H15N3S. The lowest BCUT2D eigenvalue weighted by Crippen LogP contribution is -1.92. The second kappa shape index (κ2) is 5.89. The van der Waals surface area contributed by atoms with Gasteiger partial charge in [0.25, 0.3) is 0 Å². The molecule has 19 heavy (non-hydrogen) atoms. The number of H-pyrrole nitrogens is 1. The van der Waals surface area contributed by atoms with E-state index in [0.717, 1.165) is 40.5 Å².